The van der Waals surface area contributed by atoms with Crippen LogP contribution in [0.4, 0.5) is 0 Å². The summed E-state index contributed by atoms with van der Waals surface area (Å²) in [6.45, 7) is 5.65. The van der Waals surface area contributed by atoms with E-state index in [9.17, 15) is 5.26 Å². The number of hydrogen-bond donors (Lipinski definition) is 0. The molecule has 0 atom stereocenters. The first-order valence-corrected chi connectivity index (χ1v) is 9.03. The molecule has 0 bridgehead atoms. The topological polar surface area (TPSA) is 40.8 Å². The lowest BCUT2D eigenvalue weighted by Crippen LogP contribution is -2.31. The van der Waals surface area contributed by atoms with Gasteiger partial charge >= 0.3 is 0 Å². The molecule has 0 saturated carbocycles. The molecular weight excluding hydrogens is 332 g/mol. The Balaban J connectivity index is 2.11. The van der Waals surface area contributed by atoms with E-state index in [1.165, 1.54) is 0 Å². The Morgan fingerprint density at radius 2 is 2.07 bits per heavy atom. The van der Waals surface area contributed by atoms with Crippen molar-refractivity contribution in [2.24, 2.45) is 13.0 Å². The second-order valence-corrected chi connectivity index (χ2v) is 7.14. The van der Waals surface area contributed by atoms with Crippen LogP contribution >= 0.6 is 0 Å². The van der Waals surface area contributed by atoms with E-state index in [0.717, 1.165) is 21.9 Å². The molecule has 0 unspecified atom stereocenters. The molecule has 2 aromatic carbocycles. The highest BCUT2D eigenvalue weighted by Gasteiger charge is 2.22. The van der Waals surface area contributed by atoms with Gasteiger partial charge in [-0.1, -0.05) is 32.0 Å². The molecule has 0 aliphatic rings. The number of aromatic nitrogens is 1. The number of nitriles is 1. The molecule has 0 fully saturated rings. The minimum absolute atomic E-state index is 0.220. The summed E-state index contributed by atoms with van der Waals surface area (Å²) in [5, 5.41) is 11.2. The third kappa shape index (κ3) is 2.88. The summed E-state index contributed by atoms with van der Waals surface area (Å²) in [6, 6.07) is 15.0. The van der Waals surface area contributed by atoms with E-state index in [-0.39, 0.29) is 12.1 Å². The third-order valence-electron chi connectivity index (χ3n) is 4.77. The highest BCUT2D eigenvalue weighted by atomic mass is 16.3. The fraction of sp³-hybridized carbons (Fsp3) is 0.250. The van der Waals surface area contributed by atoms with E-state index in [4.69, 9.17) is 8.53 Å². The number of nitrogens with zero attached hydrogens (tertiary/aromatic N) is 2. The smallest absolute Gasteiger partial charge is 0.216 e. The monoisotopic (exact) mass is 358 g/mol. The predicted octanol–water partition coefficient (Wildman–Crippen LogP) is 5.46. The number of fused-ring (bicyclic) bond motifs is 3. The van der Waals surface area contributed by atoms with E-state index in [1.54, 1.807) is 29.8 Å². The van der Waals surface area contributed by atoms with Crippen LogP contribution in [0.5, 0.6) is 0 Å². The minimum Gasteiger partial charge on any atom is -0.455 e. The molecule has 0 amide bonds. The van der Waals surface area contributed by atoms with Gasteiger partial charge in [0.1, 0.15) is 19.6 Å². The number of hydrogen-bond acceptors (Lipinski definition) is 2. The van der Waals surface area contributed by atoms with Gasteiger partial charge in [0, 0.05) is 25.6 Å². The van der Waals surface area contributed by atoms with Crippen LogP contribution in [0.15, 0.2) is 53.1 Å². The molecule has 2 aromatic heterocycles. The molecule has 2 heterocycles. The molecule has 27 heavy (non-hydrogen) atoms. The van der Waals surface area contributed by atoms with E-state index < -0.39 is 6.37 Å². The molecule has 3 nitrogen and oxygen atoms in total. The molecule has 0 aliphatic carbocycles. The minimum atomic E-state index is -1.57. The van der Waals surface area contributed by atoms with Gasteiger partial charge in [-0.3, -0.25) is 0 Å². The van der Waals surface area contributed by atoms with Crippen LogP contribution in [0.3, 0.4) is 0 Å². The molecule has 4 aromatic rings. The van der Waals surface area contributed by atoms with E-state index in [2.05, 4.69) is 6.07 Å². The molecule has 0 aliphatic heterocycles. The predicted molar refractivity (Wildman–Crippen MR) is 108 cm³/mol. The maximum Gasteiger partial charge on any atom is 0.216 e. The molecule has 0 spiro atoms. The number of furan rings is 1. The standard InChI is InChI=1S/C24H23N2O/c1-15(2)12-17-10-11-26(4)20(13-17)22-16(3)8-9-19-23-18(14-25)6-5-7-21(23)27-24(19)22/h5-11,13,15H,12H2,1-4H3/q+1/i11D,12D2. The largest absolute Gasteiger partial charge is 0.455 e. The van der Waals surface area contributed by atoms with Gasteiger partial charge in [-0.05, 0) is 42.5 Å². The number of aryl methyl sites for hydroxylation is 1. The summed E-state index contributed by atoms with van der Waals surface area (Å²) in [5.41, 5.74) is 4.78. The summed E-state index contributed by atoms with van der Waals surface area (Å²) in [7, 11) is 1.80. The van der Waals surface area contributed by atoms with Gasteiger partial charge in [0.25, 0.3) is 0 Å². The summed E-state index contributed by atoms with van der Waals surface area (Å²) < 4.78 is 33.4. The lowest BCUT2D eigenvalue weighted by atomic mass is 9.97. The van der Waals surface area contributed by atoms with Crippen molar-refractivity contribution in [3.63, 3.8) is 0 Å². The molecule has 0 N–H and O–H groups in total. The van der Waals surface area contributed by atoms with Crippen LogP contribution in [0.1, 0.15) is 34.7 Å². The first-order chi connectivity index (χ1) is 14.2. The van der Waals surface area contributed by atoms with E-state index in [1.807, 2.05) is 45.0 Å². The average Bonchev–Trinajstić information content (AvgIpc) is 3.08. The average molecular weight is 358 g/mol. The number of pyridine rings is 1. The molecule has 0 radical (unpaired) electrons. The normalized spacial score (nSPS) is 13.6. The van der Waals surface area contributed by atoms with E-state index >= 15 is 0 Å². The summed E-state index contributed by atoms with van der Waals surface area (Å²) >= 11 is 0. The second-order valence-electron chi connectivity index (χ2n) is 7.14. The van der Waals surface area contributed by atoms with Crippen LogP contribution in [0, 0.1) is 24.2 Å². The van der Waals surface area contributed by atoms with Crippen molar-refractivity contribution in [2.45, 2.75) is 27.1 Å². The fourth-order valence-electron chi connectivity index (χ4n) is 3.58. The first-order valence-electron chi connectivity index (χ1n) is 10.5. The van der Waals surface area contributed by atoms with Gasteiger partial charge < -0.3 is 4.42 Å². The fourth-order valence-corrected chi connectivity index (χ4v) is 3.58. The highest BCUT2D eigenvalue weighted by molar-refractivity contribution is 6.11. The van der Waals surface area contributed by atoms with Gasteiger partial charge in [-0.2, -0.15) is 5.26 Å². The van der Waals surface area contributed by atoms with Crippen molar-refractivity contribution in [1.29, 1.82) is 5.26 Å². The van der Waals surface area contributed by atoms with Gasteiger partial charge in [0.2, 0.25) is 5.69 Å². The highest BCUT2D eigenvalue weighted by Crippen LogP contribution is 2.38. The first kappa shape index (κ1) is 14.0. The molecule has 3 heteroatoms. The maximum absolute atomic E-state index is 9.55. The maximum atomic E-state index is 9.55. The van der Waals surface area contributed by atoms with Crippen molar-refractivity contribution < 1.29 is 13.1 Å². The summed E-state index contributed by atoms with van der Waals surface area (Å²) in [5.74, 6) is -0.237. The SMILES string of the molecule is [2H]c1cc(C([2H])([2H])C(C)C)cc(-c2c(C)ccc3c2oc2cccc(C#N)c23)[n+]1C. The van der Waals surface area contributed by atoms with Crippen molar-refractivity contribution in [1.82, 2.24) is 0 Å². The zero-order valence-electron chi connectivity index (χ0n) is 18.9. The van der Waals surface area contributed by atoms with Gasteiger partial charge in [0.05, 0.1) is 17.2 Å². The zero-order chi connectivity index (χ0) is 21.8. The Labute approximate surface area is 163 Å². The van der Waals surface area contributed by atoms with Crippen LogP contribution < -0.4 is 4.57 Å². The van der Waals surface area contributed by atoms with Crippen LogP contribution in [-0.4, -0.2) is 0 Å². The molecule has 0 saturated heterocycles. The third-order valence-corrected chi connectivity index (χ3v) is 4.77. The van der Waals surface area contributed by atoms with Crippen molar-refractivity contribution in [2.75, 3.05) is 0 Å². The number of benzene rings is 2. The Hall–Kier alpha value is -3.12. The summed E-state index contributed by atoms with van der Waals surface area (Å²) in [4.78, 5) is 0. The number of rotatable bonds is 3. The van der Waals surface area contributed by atoms with Gasteiger partial charge in [-0.15, -0.1) is 0 Å². The van der Waals surface area contributed by atoms with Gasteiger partial charge in [-0.25, -0.2) is 4.57 Å². The van der Waals surface area contributed by atoms with Crippen LogP contribution in [0.25, 0.3) is 33.2 Å². The lowest BCUT2D eigenvalue weighted by molar-refractivity contribution is -0.660. The Morgan fingerprint density at radius 3 is 2.81 bits per heavy atom. The quantitative estimate of drug-likeness (QED) is 0.457. The van der Waals surface area contributed by atoms with Gasteiger partial charge in [0.15, 0.2) is 6.17 Å². The van der Waals surface area contributed by atoms with Crippen molar-refractivity contribution >= 4 is 21.9 Å². The molecular formula is C24H23N2O+. The van der Waals surface area contributed by atoms with E-state index in [0.29, 0.717) is 28.0 Å². The molecule has 134 valence electrons. The zero-order valence-corrected chi connectivity index (χ0v) is 15.9. The Bertz CT molecular complexity index is 1350. The van der Waals surface area contributed by atoms with Crippen LogP contribution in [-0.2, 0) is 13.4 Å². The lowest BCUT2D eigenvalue weighted by Gasteiger charge is -2.09. The van der Waals surface area contributed by atoms with Crippen molar-refractivity contribution in [3.8, 4) is 17.3 Å². The molecule has 4 rings (SSSR count). The van der Waals surface area contributed by atoms with Crippen molar-refractivity contribution in [3.05, 3.63) is 65.3 Å². The summed E-state index contributed by atoms with van der Waals surface area (Å²) in [6.07, 6.45) is -1.35. The second kappa shape index (κ2) is 6.55. The van der Waals surface area contributed by atoms with Crippen LogP contribution in [0.2, 0.25) is 0 Å². The Kier molecular flexibility index (Phi) is 3.40. The Morgan fingerprint density at radius 1 is 1.26 bits per heavy atom.